The van der Waals surface area contributed by atoms with Crippen LogP contribution in [0.1, 0.15) is 128 Å². The van der Waals surface area contributed by atoms with E-state index in [2.05, 4.69) is 30.1 Å². The molecule has 15 nitrogen and oxygen atoms in total. The molecule has 378 valence electrons. The van der Waals surface area contributed by atoms with Gasteiger partial charge in [0.1, 0.15) is 36.1 Å². The Kier molecular flexibility index (Phi) is 22.9. The number of hydrogen-bond acceptors (Lipinski definition) is 13. The molecular weight excluding hydrogens is 871 g/mol. The summed E-state index contributed by atoms with van der Waals surface area (Å²) >= 11 is 0. The van der Waals surface area contributed by atoms with E-state index < -0.39 is 23.8 Å². The minimum absolute atomic E-state index is 0.0184. The monoisotopic (exact) mass is 950 g/mol. The molecule has 0 aromatic heterocycles. The van der Waals surface area contributed by atoms with Gasteiger partial charge in [-0.3, -0.25) is 10.1 Å². The zero-order valence-electron chi connectivity index (χ0n) is 41.1. The van der Waals surface area contributed by atoms with Gasteiger partial charge in [-0.25, -0.2) is 4.79 Å². The number of nitrogens with zero attached hydrogens (tertiary/aromatic N) is 2. The number of benzene rings is 2. The van der Waals surface area contributed by atoms with Crippen molar-refractivity contribution >= 4 is 23.4 Å². The normalized spacial score (nSPS) is 22.0. The second-order valence-electron chi connectivity index (χ2n) is 18.0. The highest BCUT2D eigenvalue weighted by Gasteiger charge is 2.65. The summed E-state index contributed by atoms with van der Waals surface area (Å²) in [5, 5.41) is 37.0. The molecule has 4 N–H and O–H groups in total. The molecule has 1 aliphatic heterocycles. The Morgan fingerprint density at radius 2 is 1.59 bits per heavy atom. The molecule has 1 heterocycles. The van der Waals surface area contributed by atoms with Crippen LogP contribution in [0.25, 0.3) is 0 Å². The highest BCUT2D eigenvalue weighted by atomic mass is 16.7. The smallest absolute Gasteiger partial charge is 0.417 e. The lowest BCUT2D eigenvalue weighted by molar-refractivity contribution is -0.258. The first-order valence-corrected chi connectivity index (χ1v) is 25.0. The van der Waals surface area contributed by atoms with E-state index in [4.69, 9.17) is 33.3 Å². The maximum absolute atomic E-state index is 14.8. The number of ether oxygens (including phenoxy) is 6. The third kappa shape index (κ3) is 14.2. The molecule has 2 aliphatic carbocycles. The molecule has 2 aromatic rings. The lowest BCUT2D eigenvalue weighted by Crippen LogP contribution is -2.70. The zero-order chi connectivity index (χ0) is 48.7. The van der Waals surface area contributed by atoms with Crippen molar-refractivity contribution in [1.29, 1.82) is 0 Å². The van der Waals surface area contributed by atoms with Crippen LogP contribution in [0, 0.1) is 17.8 Å². The van der Waals surface area contributed by atoms with Crippen LogP contribution in [0.4, 0.5) is 10.5 Å². The van der Waals surface area contributed by atoms with Crippen molar-refractivity contribution < 1.29 is 58.2 Å². The predicted octanol–water partition coefficient (Wildman–Crippen LogP) is 9.34. The van der Waals surface area contributed by atoms with Crippen molar-refractivity contribution in [2.24, 2.45) is 22.9 Å². The minimum atomic E-state index is -1.45. The third-order valence-corrected chi connectivity index (χ3v) is 13.6. The van der Waals surface area contributed by atoms with Gasteiger partial charge in [0, 0.05) is 50.1 Å². The van der Waals surface area contributed by atoms with E-state index >= 15 is 0 Å². The fraction of sp³-hybridized carbons (Fsp3) is 0.642. The highest BCUT2D eigenvalue weighted by Crippen LogP contribution is 2.62. The maximum atomic E-state index is 14.8. The van der Waals surface area contributed by atoms with E-state index in [9.17, 15) is 24.9 Å². The summed E-state index contributed by atoms with van der Waals surface area (Å²) in [4.78, 5) is 35.9. The van der Waals surface area contributed by atoms with E-state index in [0.29, 0.717) is 47.9 Å². The van der Waals surface area contributed by atoms with Crippen molar-refractivity contribution in [1.82, 2.24) is 4.90 Å². The van der Waals surface area contributed by atoms with Gasteiger partial charge in [-0.2, -0.15) is 0 Å². The van der Waals surface area contributed by atoms with Gasteiger partial charge >= 0.3 is 6.09 Å². The topological polar surface area (TPSA) is 187 Å². The summed E-state index contributed by atoms with van der Waals surface area (Å²) in [5.74, 6) is -0.590. The van der Waals surface area contributed by atoms with Gasteiger partial charge in [-0.1, -0.05) is 88.4 Å². The summed E-state index contributed by atoms with van der Waals surface area (Å²) in [5.41, 5.74) is 2.78. The minimum Gasteiger partial charge on any atom is -0.497 e. The molecule has 1 fully saturated rings. The van der Waals surface area contributed by atoms with Gasteiger partial charge in [0.15, 0.2) is 0 Å². The number of amides is 2. The van der Waals surface area contributed by atoms with Gasteiger partial charge in [0.25, 0.3) is 0 Å². The largest absolute Gasteiger partial charge is 0.497 e. The number of carbonyl (C=O) groups excluding carboxylic acids is 2. The number of fused-ring (bicyclic) bond motifs is 2. The molecule has 5 rings (SSSR count). The van der Waals surface area contributed by atoms with Crippen LogP contribution in [0.5, 0.6) is 23.0 Å². The summed E-state index contributed by atoms with van der Waals surface area (Å²) in [7, 11) is 4.58. The van der Waals surface area contributed by atoms with Crippen LogP contribution in [-0.4, -0.2) is 117 Å². The number of aliphatic hydroxyl groups is 3. The average molecular weight is 950 g/mol. The number of aliphatic hydroxyl groups excluding tert-OH is 3. The van der Waals surface area contributed by atoms with Gasteiger partial charge in [-0.05, 0) is 79.8 Å². The number of allylic oxidation sites excluding steroid dienone is 1. The lowest BCUT2D eigenvalue weighted by Gasteiger charge is -2.60. The second-order valence-corrected chi connectivity index (χ2v) is 18.0. The predicted molar refractivity (Wildman–Crippen MR) is 263 cm³/mol. The Bertz CT molecular complexity index is 1940. The van der Waals surface area contributed by atoms with E-state index in [-0.39, 0.29) is 82.0 Å². The van der Waals surface area contributed by atoms with Gasteiger partial charge in [0.05, 0.1) is 58.0 Å². The lowest BCUT2D eigenvalue weighted by atomic mass is 9.55. The fourth-order valence-electron chi connectivity index (χ4n) is 10.5. The standard InChI is InChI=1S/C53H79N3O12/c1-6-8-9-10-11-12-13-14-15-22-49(60)56(27-32-65-33-30-59)48-37-45(55-64-5)42-34-38(20-16-18-28-57)41(21-17-19-29-58)50-43-35-40(24-26-46(43)68-53(48,51(42)50)66-31-7-2)67-52(61)54-44-25-23-39(62-3)36-47(44)63-4/h7,23-26,34-36,38,41,48,50-51,57-59H,2,6,8-22,27-33,37H2,1,3-5H3,(H,54,61). The Morgan fingerprint density at radius 3 is 2.26 bits per heavy atom. The molecule has 2 aromatic carbocycles. The molecule has 6 atom stereocenters. The molecular formula is C53H79N3O12. The number of hydrogen-bond donors (Lipinski definition) is 4. The van der Waals surface area contributed by atoms with E-state index in [0.717, 1.165) is 62.5 Å². The summed E-state index contributed by atoms with van der Waals surface area (Å²) in [6.07, 6.45) is 18.2. The molecule has 15 heteroatoms. The van der Waals surface area contributed by atoms with E-state index in [1.54, 1.807) is 43.5 Å². The van der Waals surface area contributed by atoms with E-state index in [1.807, 2.05) is 11.0 Å². The first-order valence-electron chi connectivity index (χ1n) is 25.0. The molecule has 3 aliphatic rings. The van der Waals surface area contributed by atoms with Crippen LogP contribution in [0.2, 0.25) is 0 Å². The Labute approximate surface area is 404 Å². The average Bonchev–Trinajstić information content (AvgIpc) is 3.34. The summed E-state index contributed by atoms with van der Waals surface area (Å²) < 4.78 is 37.1. The Morgan fingerprint density at radius 1 is 0.868 bits per heavy atom. The molecule has 0 saturated heterocycles. The van der Waals surface area contributed by atoms with Gasteiger partial charge in [0.2, 0.25) is 11.7 Å². The Hall–Kier alpha value is -4.67. The molecule has 6 unspecified atom stereocenters. The van der Waals surface area contributed by atoms with Crippen LogP contribution in [-0.2, 0) is 19.1 Å². The number of nitrogens with one attached hydrogen (secondary N) is 1. The SMILES string of the molecule is C=CCOC12Oc3ccc(OC(=O)Nc4ccc(OC)cc4OC)cc3C3C(CCCCO)C(CCCCO)C=C(C(=NOC)CC1N(CCOCCO)C(=O)CCCCCCCCCCC)C32. The molecule has 0 spiro atoms. The van der Waals surface area contributed by atoms with Crippen LogP contribution in [0.15, 0.2) is 65.9 Å². The number of anilines is 1. The zero-order valence-corrected chi connectivity index (χ0v) is 41.1. The highest BCUT2D eigenvalue weighted by molar-refractivity contribution is 6.03. The quantitative estimate of drug-likeness (QED) is 0.0310. The molecule has 0 radical (unpaired) electrons. The molecule has 0 bridgehead atoms. The first kappa shape index (κ1) is 54.3. The number of oxime groups is 1. The number of rotatable bonds is 32. The summed E-state index contributed by atoms with van der Waals surface area (Å²) in [6, 6.07) is 9.71. The van der Waals surface area contributed by atoms with Gasteiger partial charge < -0.3 is 53.5 Å². The Balaban J connectivity index is 1.61. The van der Waals surface area contributed by atoms with Crippen molar-refractivity contribution in [3.05, 3.63) is 66.3 Å². The second kappa shape index (κ2) is 28.7. The summed E-state index contributed by atoms with van der Waals surface area (Å²) in [6.45, 7) is 6.89. The third-order valence-electron chi connectivity index (χ3n) is 13.6. The van der Waals surface area contributed by atoms with Gasteiger partial charge in [-0.15, -0.1) is 6.58 Å². The number of carbonyl (C=O) groups is 2. The molecule has 68 heavy (non-hydrogen) atoms. The van der Waals surface area contributed by atoms with E-state index in [1.165, 1.54) is 46.3 Å². The number of unbranched alkanes of at least 4 members (excludes halogenated alkanes) is 10. The van der Waals surface area contributed by atoms with Crippen LogP contribution in [0.3, 0.4) is 0 Å². The van der Waals surface area contributed by atoms with Crippen LogP contribution < -0.4 is 24.3 Å². The van der Waals surface area contributed by atoms with Crippen LogP contribution >= 0.6 is 0 Å². The van der Waals surface area contributed by atoms with Crippen molar-refractivity contribution in [2.75, 3.05) is 72.8 Å². The molecule has 1 saturated carbocycles. The van der Waals surface area contributed by atoms with Crippen molar-refractivity contribution in [3.63, 3.8) is 0 Å². The van der Waals surface area contributed by atoms with Crippen molar-refractivity contribution in [3.8, 4) is 23.0 Å². The number of methoxy groups -OCH3 is 2. The first-order chi connectivity index (χ1) is 33.2. The molecule has 2 amide bonds. The maximum Gasteiger partial charge on any atom is 0.417 e. The fourth-order valence-corrected chi connectivity index (χ4v) is 10.5. The van der Waals surface area contributed by atoms with Crippen molar-refractivity contribution in [2.45, 2.75) is 134 Å².